The monoisotopic (exact) mass is 278 g/mol. The van der Waals surface area contributed by atoms with Gasteiger partial charge in [0.15, 0.2) is 0 Å². The van der Waals surface area contributed by atoms with Gasteiger partial charge in [-0.15, -0.1) is 0 Å². The molecule has 2 rings (SSSR count). The number of nitro groups is 1. The van der Waals surface area contributed by atoms with E-state index in [1.165, 1.54) is 25.3 Å². The number of anilines is 1. The summed E-state index contributed by atoms with van der Waals surface area (Å²) in [6.07, 6.45) is 6.00. The Kier molecular flexibility index (Phi) is 5.21. The van der Waals surface area contributed by atoms with Crippen molar-refractivity contribution in [3.05, 3.63) is 28.3 Å². The van der Waals surface area contributed by atoms with E-state index in [1.54, 1.807) is 6.07 Å². The summed E-state index contributed by atoms with van der Waals surface area (Å²) in [5, 5.41) is 14.2. The molecule has 1 aromatic rings. The largest absolute Gasteiger partial charge is 0.493 e. The van der Waals surface area contributed by atoms with E-state index in [0.29, 0.717) is 12.4 Å². The normalized spacial score (nSPS) is 14.7. The molecule has 20 heavy (non-hydrogen) atoms. The maximum atomic E-state index is 10.9. The van der Waals surface area contributed by atoms with E-state index in [0.717, 1.165) is 31.0 Å². The molecule has 0 saturated heterocycles. The molecule has 5 heteroatoms. The number of nitro benzene ring substituents is 1. The number of ether oxygens (including phenoxy) is 1. The molecular weight excluding hydrogens is 256 g/mol. The second-order valence-electron chi connectivity index (χ2n) is 5.33. The van der Waals surface area contributed by atoms with Crippen molar-refractivity contribution >= 4 is 11.4 Å². The highest BCUT2D eigenvalue weighted by molar-refractivity contribution is 5.56. The topological polar surface area (TPSA) is 64.4 Å². The fourth-order valence-corrected chi connectivity index (χ4v) is 2.30. The molecule has 0 atom stereocenters. The number of non-ortho nitro benzene ring substituents is 1. The molecule has 0 radical (unpaired) electrons. The van der Waals surface area contributed by atoms with Gasteiger partial charge in [-0.25, -0.2) is 0 Å². The fraction of sp³-hybridized carbons (Fsp3) is 0.600. The van der Waals surface area contributed by atoms with E-state index < -0.39 is 0 Å². The Morgan fingerprint density at radius 2 is 2.20 bits per heavy atom. The molecule has 1 aliphatic rings. The lowest BCUT2D eigenvalue weighted by molar-refractivity contribution is -0.384. The zero-order valence-corrected chi connectivity index (χ0v) is 11.9. The molecule has 1 saturated carbocycles. The smallest absolute Gasteiger partial charge is 0.275 e. The molecule has 0 aliphatic heterocycles. The Hall–Kier alpha value is -1.78. The summed E-state index contributed by atoms with van der Waals surface area (Å²) >= 11 is 0. The van der Waals surface area contributed by atoms with Gasteiger partial charge in [0.1, 0.15) is 5.75 Å². The molecule has 110 valence electrons. The number of benzene rings is 1. The van der Waals surface area contributed by atoms with Gasteiger partial charge in [-0.2, -0.15) is 0 Å². The lowest BCUT2D eigenvalue weighted by atomic mass is 9.83. The molecule has 0 bridgehead atoms. The third kappa shape index (κ3) is 4.11. The number of rotatable bonds is 8. The van der Waals surface area contributed by atoms with E-state index in [-0.39, 0.29) is 10.6 Å². The van der Waals surface area contributed by atoms with Crippen LogP contribution in [0, 0.1) is 16.0 Å². The molecule has 0 heterocycles. The third-order valence-corrected chi connectivity index (χ3v) is 3.68. The van der Waals surface area contributed by atoms with Gasteiger partial charge in [0, 0.05) is 24.4 Å². The zero-order valence-electron chi connectivity index (χ0n) is 11.9. The van der Waals surface area contributed by atoms with E-state index in [1.807, 2.05) is 13.0 Å². The highest BCUT2D eigenvalue weighted by Gasteiger charge is 2.17. The van der Waals surface area contributed by atoms with Crippen LogP contribution in [-0.2, 0) is 0 Å². The van der Waals surface area contributed by atoms with Crippen LogP contribution in [0.2, 0.25) is 0 Å². The van der Waals surface area contributed by atoms with Crippen molar-refractivity contribution in [2.45, 2.75) is 39.0 Å². The number of hydrogen-bond acceptors (Lipinski definition) is 4. The quantitative estimate of drug-likeness (QED) is 0.577. The van der Waals surface area contributed by atoms with Crippen LogP contribution in [0.25, 0.3) is 0 Å². The van der Waals surface area contributed by atoms with Crippen LogP contribution in [-0.4, -0.2) is 18.1 Å². The second-order valence-corrected chi connectivity index (χ2v) is 5.33. The Bertz CT molecular complexity index is 458. The zero-order chi connectivity index (χ0) is 14.4. The minimum Gasteiger partial charge on any atom is -0.493 e. The van der Waals surface area contributed by atoms with Gasteiger partial charge in [-0.05, 0) is 18.8 Å². The standard InChI is InChI=1S/C15H22N2O3/c1-2-8-20-15-10-13(9-14(11-15)17(18)19)16-7-6-12-4-3-5-12/h9-12,16H,2-8H2,1H3. The number of nitrogens with zero attached hydrogens (tertiary/aromatic N) is 1. The molecule has 1 aromatic carbocycles. The summed E-state index contributed by atoms with van der Waals surface area (Å²) in [7, 11) is 0. The number of hydrogen-bond donors (Lipinski definition) is 1. The molecule has 1 aliphatic carbocycles. The van der Waals surface area contributed by atoms with Gasteiger partial charge in [0.2, 0.25) is 0 Å². The Balaban J connectivity index is 1.97. The van der Waals surface area contributed by atoms with Crippen molar-refractivity contribution in [3.63, 3.8) is 0 Å². The first-order valence-corrected chi connectivity index (χ1v) is 7.35. The van der Waals surface area contributed by atoms with Crippen LogP contribution < -0.4 is 10.1 Å². The van der Waals surface area contributed by atoms with Crippen LogP contribution in [0.15, 0.2) is 18.2 Å². The van der Waals surface area contributed by atoms with Crippen molar-refractivity contribution in [3.8, 4) is 5.75 Å². The minimum atomic E-state index is -0.379. The summed E-state index contributed by atoms with van der Waals surface area (Å²) in [6.45, 7) is 3.44. The predicted molar refractivity (Wildman–Crippen MR) is 79.3 cm³/mol. The molecule has 5 nitrogen and oxygen atoms in total. The SMILES string of the molecule is CCCOc1cc(NCCC2CCC2)cc([N+](=O)[O-])c1. The molecule has 1 fully saturated rings. The highest BCUT2D eigenvalue weighted by Crippen LogP contribution is 2.30. The van der Waals surface area contributed by atoms with E-state index in [2.05, 4.69) is 5.32 Å². The van der Waals surface area contributed by atoms with Crippen molar-refractivity contribution in [1.82, 2.24) is 0 Å². The Morgan fingerprint density at radius 3 is 2.80 bits per heavy atom. The predicted octanol–water partition coefficient (Wildman–Crippen LogP) is 3.99. The minimum absolute atomic E-state index is 0.0738. The van der Waals surface area contributed by atoms with E-state index in [4.69, 9.17) is 4.74 Å². The van der Waals surface area contributed by atoms with Crippen molar-refractivity contribution in [2.24, 2.45) is 5.92 Å². The molecule has 0 amide bonds. The lowest BCUT2D eigenvalue weighted by Gasteiger charge is -2.25. The second kappa shape index (κ2) is 7.12. The first kappa shape index (κ1) is 14.6. The van der Waals surface area contributed by atoms with E-state index >= 15 is 0 Å². The first-order chi connectivity index (χ1) is 9.69. The van der Waals surface area contributed by atoms with Gasteiger partial charge in [0.05, 0.1) is 17.6 Å². The van der Waals surface area contributed by atoms with Crippen molar-refractivity contribution in [2.75, 3.05) is 18.5 Å². The van der Waals surface area contributed by atoms with Gasteiger partial charge in [-0.3, -0.25) is 10.1 Å². The van der Waals surface area contributed by atoms with Crippen molar-refractivity contribution < 1.29 is 9.66 Å². The molecule has 0 aromatic heterocycles. The van der Waals surface area contributed by atoms with Crippen LogP contribution in [0.1, 0.15) is 39.0 Å². The average molecular weight is 278 g/mol. The Labute approximate surface area is 119 Å². The molecule has 0 spiro atoms. The van der Waals surface area contributed by atoms with Crippen LogP contribution in [0.5, 0.6) is 5.75 Å². The summed E-state index contributed by atoms with van der Waals surface area (Å²) in [6, 6.07) is 4.88. The van der Waals surface area contributed by atoms with Crippen LogP contribution >= 0.6 is 0 Å². The van der Waals surface area contributed by atoms with Gasteiger partial charge in [-0.1, -0.05) is 26.2 Å². The van der Waals surface area contributed by atoms with E-state index in [9.17, 15) is 10.1 Å². The summed E-state index contributed by atoms with van der Waals surface area (Å²) in [4.78, 5) is 10.6. The van der Waals surface area contributed by atoms with Gasteiger partial charge >= 0.3 is 0 Å². The average Bonchev–Trinajstić information content (AvgIpc) is 2.39. The third-order valence-electron chi connectivity index (χ3n) is 3.68. The maximum absolute atomic E-state index is 10.9. The molecular formula is C15H22N2O3. The first-order valence-electron chi connectivity index (χ1n) is 7.35. The molecule has 1 N–H and O–H groups in total. The Morgan fingerprint density at radius 1 is 1.40 bits per heavy atom. The maximum Gasteiger partial charge on any atom is 0.275 e. The van der Waals surface area contributed by atoms with Crippen molar-refractivity contribution in [1.29, 1.82) is 0 Å². The summed E-state index contributed by atoms with van der Waals surface area (Å²) < 4.78 is 5.50. The number of nitrogens with one attached hydrogen (secondary N) is 1. The van der Waals surface area contributed by atoms with Gasteiger partial charge in [0.25, 0.3) is 5.69 Å². The van der Waals surface area contributed by atoms with Crippen LogP contribution in [0.3, 0.4) is 0 Å². The molecule has 0 unspecified atom stereocenters. The summed E-state index contributed by atoms with van der Waals surface area (Å²) in [5.74, 6) is 1.39. The highest BCUT2D eigenvalue weighted by atomic mass is 16.6. The summed E-state index contributed by atoms with van der Waals surface area (Å²) in [5.41, 5.74) is 0.842. The van der Waals surface area contributed by atoms with Gasteiger partial charge < -0.3 is 10.1 Å². The fourth-order valence-electron chi connectivity index (χ4n) is 2.30. The van der Waals surface area contributed by atoms with Crippen LogP contribution in [0.4, 0.5) is 11.4 Å². The lowest BCUT2D eigenvalue weighted by Crippen LogP contribution is -2.15.